The lowest BCUT2D eigenvalue weighted by Gasteiger charge is -2.29. The van der Waals surface area contributed by atoms with Crippen LogP contribution in [0.2, 0.25) is 0 Å². The molecule has 1 aliphatic carbocycles. The van der Waals surface area contributed by atoms with Crippen LogP contribution in [0.1, 0.15) is 12.8 Å². The van der Waals surface area contributed by atoms with E-state index in [1.807, 2.05) is 0 Å². The topological polar surface area (TPSA) is 23.8 Å². The number of nitriles is 1. The Balaban J connectivity index is 0.00000121. The molecule has 3 heteroatoms. The lowest BCUT2D eigenvalue weighted by Crippen LogP contribution is -3.00. The normalized spacial score (nSPS) is 16.1. The molecule has 0 spiro atoms. The lowest BCUT2D eigenvalue weighted by atomic mass is 10.3. The van der Waals surface area contributed by atoms with Crippen molar-refractivity contribution in [1.82, 2.24) is 0 Å². The summed E-state index contributed by atoms with van der Waals surface area (Å²) in [7, 11) is 4.33. The third kappa shape index (κ3) is 2.96. The van der Waals surface area contributed by atoms with Crippen molar-refractivity contribution in [2.24, 2.45) is 0 Å². The highest BCUT2D eigenvalue weighted by molar-refractivity contribution is 5.16. The number of quaternary nitrogens is 1. The first-order chi connectivity index (χ1) is 5.06. The van der Waals surface area contributed by atoms with Gasteiger partial charge in [0.15, 0.2) is 0 Å². The van der Waals surface area contributed by atoms with Gasteiger partial charge in [-0.2, -0.15) is 5.26 Å². The highest BCUT2D eigenvalue weighted by Crippen LogP contribution is 2.30. The zero-order valence-corrected chi connectivity index (χ0v) is 9.26. The van der Waals surface area contributed by atoms with Gasteiger partial charge in [-0.3, -0.25) is 0 Å². The second kappa shape index (κ2) is 4.06. The van der Waals surface area contributed by atoms with Crippen LogP contribution in [0.3, 0.4) is 0 Å². The molecule has 0 aliphatic heterocycles. The molecule has 0 atom stereocenters. The number of nitrogens with zero attached hydrogens (tertiary/aromatic N) is 2. The van der Waals surface area contributed by atoms with Gasteiger partial charge in [0.2, 0.25) is 0 Å². The number of hydrogen-bond donors (Lipinski definition) is 0. The van der Waals surface area contributed by atoms with Gasteiger partial charge >= 0.3 is 0 Å². The van der Waals surface area contributed by atoms with Crippen molar-refractivity contribution in [3.05, 3.63) is 12.2 Å². The van der Waals surface area contributed by atoms with E-state index >= 15 is 0 Å². The maximum Gasteiger partial charge on any atom is 0.114 e. The largest absolute Gasteiger partial charge is 1.00 e. The van der Waals surface area contributed by atoms with Crippen LogP contribution in [0.25, 0.3) is 0 Å². The van der Waals surface area contributed by atoms with E-state index in [2.05, 4.69) is 26.7 Å². The summed E-state index contributed by atoms with van der Waals surface area (Å²) in [5, 5.41) is 8.54. The highest BCUT2D eigenvalue weighted by atomic mass is 79.9. The van der Waals surface area contributed by atoms with Crippen molar-refractivity contribution in [1.29, 1.82) is 5.26 Å². The summed E-state index contributed by atoms with van der Waals surface area (Å²) in [6.45, 7) is 4.50. The SMILES string of the molecule is C=C(C#N)C[N+](C)(C)C1CC1.[Br-]. The van der Waals surface area contributed by atoms with Crippen molar-refractivity contribution in [3.8, 4) is 6.07 Å². The summed E-state index contributed by atoms with van der Waals surface area (Å²) < 4.78 is 0.937. The van der Waals surface area contributed by atoms with Gasteiger partial charge in [-0.15, -0.1) is 0 Å². The van der Waals surface area contributed by atoms with Crippen molar-refractivity contribution in [3.63, 3.8) is 0 Å². The van der Waals surface area contributed by atoms with E-state index in [4.69, 9.17) is 5.26 Å². The molecule has 0 amide bonds. The van der Waals surface area contributed by atoms with Gasteiger partial charge in [0.1, 0.15) is 6.54 Å². The van der Waals surface area contributed by atoms with Gasteiger partial charge in [-0.25, -0.2) is 0 Å². The Labute approximate surface area is 84.8 Å². The van der Waals surface area contributed by atoms with Crippen molar-refractivity contribution < 1.29 is 21.5 Å². The molecule has 0 aromatic heterocycles. The number of hydrogen-bond acceptors (Lipinski definition) is 1. The Morgan fingerprint density at radius 2 is 2.08 bits per heavy atom. The Hall–Kier alpha value is -0.330. The molecule has 12 heavy (non-hydrogen) atoms. The molecule has 0 saturated heterocycles. The summed E-state index contributed by atoms with van der Waals surface area (Å²) in [6, 6.07) is 2.87. The van der Waals surface area contributed by atoms with Gasteiger partial charge in [-0.05, 0) is 0 Å². The zero-order chi connectivity index (χ0) is 8.48. The van der Waals surface area contributed by atoms with Gasteiger partial charge in [0.25, 0.3) is 0 Å². The molecule has 0 radical (unpaired) electrons. The fourth-order valence-corrected chi connectivity index (χ4v) is 1.43. The minimum atomic E-state index is 0. The molecule has 0 heterocycles. The first-order valence-corrected chi connectivity index (χ1v) is 3.97. The van der Waals surface area contributed by atoms with Crippen molar-refractivity contribution in [2.45, 2.75) is 18.9 Å². The summed E-state index contributed by atoms with van der Waals surface area (Å²) in [6.07, 6.45) is 2.62. The quantitative estimate of drug-likeness (QED) is 0.420. The predicted molar refractivity (Wildman–Crippen MR) is 44.8 cm³/mol. The predicted octanol–water partition coefficient (Wildman–Crippen LogP) is -1.69. The molecule has 1 saturated carbocycles. The maximum atomic E-state index is 8.54. The summed E-state index contributed by atoms with van der Waals surface area (Å²) in [4.78, 5) is 0. The second-order valence-electron chi connectivity index (χ2n) is 3.88. The molecular formula is C9H15BrN2. The van der Waals surface area contributed by atoms with E-state index < -0.39 is 0 Å². The van der Waals surface area contributed by atoms with E-state index in [1.54, 1.807) is 0 Å². The monoisotopic (exact) mass is 230 g/mol. The third-order valence-electron chi connectivity index (χ3n) is 2.29. The van der Waals surface area contributed by atoms with Crippen LogP contribution in [0.5, 0.6) is 0 Å². The molecule has 1 fully saturated rings. The van der Waals surface area contributed by atoms with Crippen LogP contribution in [-0.2, 0) is 0 Å². The second-order valence-corrected chi connectivity index (χ2v) is 3.88. The van der Waals surface area contributed by atoms with Gasteiger partial charge in [-0.1, -0.05) is 6.58 Å². The van der Waals surface area contributed by atoms with Crippen molar-refractivity contribution in [2.75, 3.05) is 20.6 Å². The van der Waals surface area contributed by atoms with E-state index in [0.29, 0.717) is 5.57 Å². The molecular weight excluding hydrogens is 216 g/mol. The maximum absolute atomic E-state index is 8.54. The van der Waals surface area contributed by atoms with Gasteiger partial charge < -0.3 is 21.5 Å². The summed E-state index contributed by atoms with van der Waals surface area (Å²) in [5.41, 5.74) is 0.696. The summed E-state index contributed by atoms with van der Waals surface area (Å²) >= 11 is 0. The minimum Gasteiger partial charge on any atom is -1.00 e. The lowest BCUT2D eigenvalue weighted by molar-refractivity contribution is -0.896. The Morgan fingerprint density at radius 1 is 1.58 bits per heavy atom. The van der Waals surface area contributed by atoms with Crippen LogP contribution in [0.4, 0.5) is 0 Å². The van der Waals surface area contributed by atoms with E-state index in [9.17, 15) is 0 Å². The highest BCUT2D eigenvalue weighted by Gasteiger charge is 2.38. The molecule has 0 bridgehead atoms. The molecule has 0 aromatic rings. The van der Waals surface area contributed by atoms with Crippen molar-refractivity contribution >= 4 is 0 Å². The first-order valence-electron chi connectivity index (χ1n) is 3.97. The van der Waals surface area contributed by atoms with Gasteiger partial charge in [0.05, 0.1) is 31.8 Å². The van der Waals surface area contributed by atoms with Crippen LogP contribution in [0.15, 0.2) is 12.2 Å². The molecule has 2 nitrogen and oxygen atoms in total. The summed E-state index contributed by atoms with van der Waals surface area (Å²) in [5.74, 6) is 0. The molecule has 68 valence electrons. The fourth-order valence-electron chi connectivity index (χ4n) is 1.43. The molecule has 1 aliphatic rings. The first kappa shape index (κ1) is 11.7. The minimum absolute atomic E-state index is 0. The average Bonchev–Trinajstić information content (AvgIpc) is 2.66. The standard InChI is InChI=1S/C9H15N2.BrH/c1-8(6-10)7-11(2,3)9-4-5-9;/h9H,1,4-5,7H2,2-3H3;1H/q+1;/p-1. The fraction of sp³-hybridized carbons (Fsp3) is 0.667. The van der Waals surface area contributed by atoms with E-state index in [1.165, 1.54) is 12.8 Å². The number of halogens is 1. The number of likely N-dealkylation sites (N-methyl/N-ethyl adjacent to an activating group) is 1. The molecule has 0 unspecified atom stereocenters. The van der Waals surface area contributed by atoms with Crippen LogP contribution < -0.4 is 17.0 Å². The average molecular weight is 231 g/mol. The molecule has 0 N–H and O–H groups in total. The Morgan fingerprint density at radius 3 is 2.42 bits per heavy atom. The number of rotatable bonds is 3. The van der Waals surface area contributed by atoms with Crippen LogP contribution >= 0.6 is 0 Å². The Kier molecular flexibility index (Phi) is 3.95. The Bertz CT molecular complexity index is 211. The smallest absolute Gasteiger partial charge is 0.114 e. The van der Waals surface area contributed by atoms with Gasteiger partial charge in [0, 0.05) is 12.8 Å². The van der Waals surface area contributed by atoms with Crippen LogP contribution in [-0.4, -0.2) is 31.2 Å². The van der Waals surface area contributed by atoms with Crippen LogP contribution in [0, 0.1) is 11.3 Å². The molecule has 1 rings (SSSR count). The zero-order valence-electron chi connectivity index (χ0n) is 7.68. The van der Waals surface area contributed by atoms with E-state index in [0.717, 1.165) is 17.1 Å². The third-order valence-corrected chi connectivity index (χ3v) is 2.29. The van der Waals surface area contributed by atoms with E-state index in [-0.39, 0.29) is 17.0 Å². The molecule has 0 aromatic carbocycles.